The van der Waals surface area contributed by atoms with Gasteiger partial charge in [0.25, 0.3) is 11.5 Å². The third-order valence-electron chi connectivity index (χ3n) is 6.85. The number of rotatable bonds is 4. The highest BCUT2D eigenvalue weighted by Gasteiger charge is 2.32. The lowest BCUT2D eigenvalue weighted by Crippen LogP contribution is -2.36. The summed E-state index contributed by atoms with van der Waals surface area (Å²) in [4.78, 5) is 35.1. The molecule has 1 saturated heterocycles. The maximum Gasteiger partial charge on any atom is 0.264 e. The molecule has 168 valence electrons. The smallest absolute Gasteiger partial charge is 0.264 e. The Kier molecular flexibility index (Phi) is 5.76. The molecule has 4 heterocycles. The zero-order valence-electron chi connectivity index (χ0n) is 18.7. The van der Waals surface area contributed by atoms with Crippen LogP contribution in [0.1, 0.15) is 58.7 Å². The van der Waals surface area contributed by atoms with E-state index in [1.807, 2.05) is 34.6 Å². The van der Waals surface area contributed by atoms with Gasteiger partial charge < -0.3 is 9.64 Å². The number of thiophene rings is 1. The molecule has 0 bridgehead atoms. The van der Waals surface area contributed by atoms with Gasteiger partial charge in [0.2, 0.25) is 0 Å². The zero-order valence-corrected chi connectivity index (χ0v) is 19.5. The Morgan fingerprint density at radius 1 is 1.22 bits per heavy atom. The first kappa shape index (κ1) is 21.2. The normalized spacial score (nSPS) is 18.6. The summed E-state index contributed by atoms with van der Waals surface area (Å²) in [6, 6.07) is 8.23. The van der Waals surface area contributed by atoms with Crippen molar-refractivity contribution >= 4 is 27.5 Å². The molecular weight excluding hydrogens is 422 g/mol. The SMILES string of the molecule is COc1cccc(CC2CCCN2C(=O)c2sc3nc4n(c(=O)c3c2C)CCCCC4)c1. The number of ether oxygens (including phenoxy) is 1. The minimum atomic E-state index is 0.0223. The highest BCUT2D eigenvalue weighted by Crippen LogP contribution is 2.32. The molecule has 0 radical (unpaired) electrons. The molecule has 7 heteroatoms. The van der Waals surface area contributed by atoms with Crippen molar-refractivity contribution < 1.29 is 9.53 Å². The number of aryl methyl sites for hydroxylation is 2. The number of carbonyl (C=O) groups is 1. The average Bonchev–Trinajstić information content (AvgIpc) is 3.30. The van der Waals surface area contributed by atoms with Gasteiger partial charge in [-0.1, -0.05) is 18.6 Å². The van der Waals surface area contributed by atoms with Crippen molar-refractivity contribution in [3.63, 3.8) is 0 Å². The Balaban J connectivity index is 1.46. The number of amides is 1. The highest BCUT2D eigenvalue weighted by molar-refractivity contribution is 7.20. The molecule has 1 fully saturated rings. The Bertz CT molecular complexity index is 1230. The van der Waals surface area contributed by atoms with Crippen molar-refractivity contribution in [3.05, 3.63) is 56.4 Å². The molecule has 32 heavy (non-hydrogen) atoms. The van der Waals surface area contributed by atoms with Crippen LogP contribution in [-0.2, 0) is 19.4 Å². The molecule has 1 aromatic carbocycles. The van der Waals surface area contributed by atoms with E-state index in [1.54, 1.807) is 7.11 Å². The molecule has 1 atom stereocenters. The first-order chi connectivity index (χ1) is 15.6. The fourth-order valence-corrected chi connectivity index (χ4v) is 6.28. The fourth-order valence-electron chi connectivity index (χ4n) is 5.13. The fraction of sp³-hybridized carbons (Fsp3) is 0.480. The van der Waals surface area contributed by atoms with E-state index in [4.69, 9.17) is 9.72 Å². The van der Waals surface area contributed by atoms with E-state index in [2.05, 4.69) is 6.07 Å². The van der Waals surface area contributed by atoms with Gasteiger partial charge >= 0.3 is 0 Å². The van der Waals surface area contributed by atoms with Gasteiger partial charge in [0.1, 0.15) is 16.4 Å². The maximum atomic E-state index is 13.6. The van der Waals surface area contributed by atoms with E-state index in [0.29, 0.717) is 15.1 Å². The first-order valence-corrected chi connectivity index (χ1v) is 12.3. The molecule has 3 aromatic rings. The summed E-state index contributed by atoms with van der Waals surface area (Å²) in [7, 11) is 1.67. The van der Waals surface area contributed by atoms with Crippen LogP contribution >= 0.6 is 11.3 Å². The average molecular weight is 452 g/mol. The van der Waals surface area contributed by atoms with E-state index < -0.39 is 0 Å². The maximum absolute atomic E-state index is 13.6. The number of nitrogens with zero attached hydrogens (tertiary/aromatic N) is 3. The van der Waals surface area contributed by atoms with Crippen LogP contribution in [-0.4, -0.2) is 40.1 Å². The summed E-state index contributed by atoms with van der Waals surface area (Å²) in [5, 5.41) is 0.632. The van der Waals surface area contributed by atoms with Crippen molar-refractivity contribution in [3.8, 4) is 5.75 Å². The summed E-state index contributed by atoms with van der Waals surface area (Å²) in [5.74, 6) is 1.75. The molecule has 0 spiro atoms. The number of hydrogen-bond acceptors (Lipinski definition) is 5. The monoisotopic (exact) mass is 451 g/mol. The number of likely N-dealkylation sites (tertiary alicyclic amines) is 1. The molecule has 0 aliphatic carbocycles. The number of aromatic nitrogens is 2. The topological polar surface area (TPSA) is 64.4 Å². The van der Waals surface area contributed by atoms with Crippen molar-refractivity contribution in [2.24, 2.45) is 0 Å². The van der Waals surface area contributed by atoms with Gasteiger partial charge in [-0.25, -0.2) is 4.98 Å². The van der Waals surface area contributed by atoms with Gasteiger partial charge in [0.15, 0.2) is 0 Å². The largest absolute Gasteiger partial charge is 0.497 e. The van der Waals surface area contributed by atoms with Crippen LogP contribution in [0.3, 0.4) is 0 Å². The number of carbonyl (C=O) groups excluding carboxylic acids is 1. The summed E-state index contributed by atoms with van der Waals surface area (Å²) >= 11 is 1.39. The van der Waals surface area contributed by atoms with Gasteiger partial charge in [0.05, 0.1) is 17.4 Å². The van der Waals surface area contributed by atoms with Gasteiger partial charge in [-0.2, -0.15) is 0 Å². The first-order valence-electron chi connectivity index (χ1n) is 11.5. The Labute approximate surface area is 191 Å². The van der Waals surface area contributed by atoms with Gasteiger partial charge in [-0.3, -0.25) is 14.2 Å². The second-order valence-corrected chi connectivity index (χ2v) is 9.88. The van der Waals surface area contributed by atoms with E-state index in [0.717, 1.165) is 75.2 Å². The lowest BCUT2D eigenvalue weighted by molar-refractivity contribution is 0.0741. The molecule has 6 nitrogen and oxygen atoms in total. The summed E-state index contributed by atoms with van der Waals surface area (Å²) < 4.78 is 7.19. The Morgan fingerprint density at radius 3 is 2.94 bits per heavy atom. The number of methoxy groups -OCH3 is 1. The van der Waals surface area contributed by atoms with E-state index in [1.165, 1.54) is 16.9 Å². The van der Waals surface area contributed by atoms with E-state index in [9.17, 15) is 9.59 Å². The third kappa shape index (κ3) is 3.72. The Hall–Kier alpha value is -2.67. The van der Waals surface area contributed by atoms with Crippen molar-refractivity contribution in [2.75, 3.05) is 13.7 Å². The molecule has 1 amide bonds. The van der Waals surface area contributed by atoms with Gasteiger partial charge in [-0.15, -0.1) is 11.3 Å². The van der Waals surface area contributed by atoms with Crippen molar-refractivity contribution in [2.45, 2.75) is 64.5 Å². The second-order valence-electron chi connectivity index (χ2n) is 8.88. The van der Waals surface area contributed by atoms with Crippen LogP contribution in [0.5, 0.6) is 5.75 Å². The van der Waals surface area contributed by atoms with E-state index >= 15 is 0 Å². The number of hydrogen-bond donors (Lipinski definition) is 0. The number of fused-ring (bicyclic) bond motifs is 2. The van der Waals surface area contributed by atoms with Crippen LogP contribution in [0.2, 0.25) is 0 Å². The predicted molar refractivity (Wildman–Crippen MR) is 127 cm³/mol. The summed E-state index contributed by atoms with van der Waals surface area (Å²) in [6.45, 7) is 3.39. The number of benzene rings is 1. The summed E-state index contributed by atoms with van der Waals surface area (Å²) in [6.07, 6.45) is 6.83. The van der Waals surface area contributed by atoms with Crippen LogP contribution in [0.4, 0.5) is 0 Å². The molecule has 5 rings (SSSR count). The lowest BCUT2D eigenvalue weighted by Gasteiger charge is -2.25. The molecule has 1 unspecified atom stereocenters. The molecule has 2 aliphatic rings. The van der Waals surface area contributed by atoms with Crippen molar-refractivity contribution in [1.29, 1.82) is 0 Å². The lowest BCUT2D eigenvalue weighted by atomic mass is 10.0. The molecular formula is C25H29N3O3S. The standard InChI is InChI=1S/C25H29N3O3S/c1-16-21-23(26-20-11-4-3-5-12-28(20)24(21)29)32-22(16)25(30)27-13-7-9-18(27)14-17-8-6-10-19(15-17)31-2/h6,8,10,15,18H,3-5,7,9,11-14H2,1-2H3. The van der Waals surface area contributed by atoms with Crippen molar-refractivity contribution in [1.82, 2.24) is 14.5 Å². The minimum absolute atomic E-state index is 0.0223. The second kappa shape index (κ2) is 8.70. The highest BCUT2D eigenvalue weighted by atomic mass is 32.1. The van der Waals surface area contributed by atoms with Crippen LogP contribution in [0, 0.1) is 6.92 Å². The molecule has 0 saturated carbocycles. The van der Waals surface area contributed by atoms with Gasteiger partial charge in [-0.05, 0) is 62.3 Å². The van der Waals surface area contributed by atoms with Crippen LogP contribution in [0.15, 0.2) is 29.1 Å². The molecule has 2 aromatic heterocycles. The molecule has 0 N–H and O–H groups in total. The third-order valence-corrected chi connectivity index (χ3v) is 8.02. The predicted octanol–water partition coefficient (Wildman–Crippen LogP) is 4.35. The van der Waals surface area contributed by atoms with Crippen LogP contribution < -0.4 is 10.3 Å². The molecule has 2 aliphatic heterocycles. The quantitative estimate of drug-likeness (QED) is 0.592. The van der Waals surface area contributed by atoms with E-state index in [-0.39, 0.29) is 17.5 Å². The Morgan fingerprint density at radius 2 is 2.09 bits per heavy atom. The zero-order chi connectivity index (χ0) is 22.2. The van der Waals surface area contributed by atoms with Crippen LogP contribution in [0.25, 0.3) is 10.2 Å². The van der Waals surface area contributed by atoms with Gasteiger partial charge in [0, 0.05) is 25.6 Å². The minimum Gasteiger partial charge on any atom is -0.497 e. The summed E-state index contributed by atoms with van der Waals surface area (Å²) in [5.41, 5.74) is 1.99.